The Kier molecular flexibility index (Phi) is 3.50. The van der Waals surface area contributed by atoms with E-state index in [1.165, 1.54) is 0 Å². The fourth-order valence-electron chi connectivity index (χ4n) is 2.00. The molecule has 19 heavy (non-hydrogen) atoms. The number of aromatic carboxylic acids is 1. The van der Waals surface area contributed by atoms with Gasteiger partial charge in [-0.25, -0.2) is 4.79 Å². The fourth-order valence-corrected chi connectivity index (χ4v) is 2.00. The maximum Gasteiger partial charge on any atom is 0.337 e. The lowest BCUT2D eigenvalue weighted by Gasteiger charge is -2.18. The van der Waals surface area contributed by atoms with Gasteiger partial charge in [0.1, 0.15) is 6.33 Å². The number of anilines is 1. The van der Waals surface area contributed by atoms with Gasteiger partial charge in [0.2, 0.25) is 0 Å². The molecular weight excluding hydrogens is 244 g/mol. The first-order valence-electron chi connectivity index (χ1n) is 5.94. The summed E-state index contributed by atoms with van der Waals surface area (Å²) in [5, 5.41) is 20.3. The smallest absolute Gasteiger partial charge is 0.337 e. The van der Waals surface area contributed by atoms with Crippen LogP contribution in [0, 0.1) is 6.92 Å². The summed E-state index contributed by atoms with van der Waals surface area (Å²) < 4.78 is 1.80. The van der Waals surface area contributed by atoms with Gasteiger partial charge in [0.15, 0.2) is 5.82 Å². The van der Waals surface area contributed by atoms with Crippen LogP contribution < -0.4 is 5.32 Å². The van der Waals surface area contributed by atoms with Crippen molar-refractivity contribution in [1.82, 2.24) is 14.8 Å². The van der Waals surface area contributed by atoms with E-state index in [9.17, 15) is 9.90 Å². The molecule has 1 heterocycles. The average molecular weight is 260 g/mol. The highest BCUT2D eigenvalue weighted by Crippen LogP contribution is 2.25. The van der Waals surface area contributed by atoms with Gasteiger partial charge in [-0.2, -0.15) is 0 Å². The third kappa shape index (κ3) is 2.57. The molecule has 1 aromatic heterocycles. The highest BCUT2D eigenvalue weighted by atomic mass is 16.4. The van der Waals surface area contributed by atoms with E-state index in [0.717, 1.165) is 11.4 Å². The monoisotopic (exact) mass is 260 g/mol. The van der Waals surface area contributed by atoms with Crippen LogP contribution in [0.1, 0.15) is 34.7 Å². The topological polar surface area (TPSA) is 80.0 Å². The summed E-state index contributed by atoms with van der Waals surface area (Å²) in [6.07, 6.45) is 1.61. The van der Waals surface area contributed by atoms with Crippen molar-refractivity contribution >= 4 is 11.7 Å². The second kappa shape index (κ2) is 5.09. The molecule has 0 amide bonds. The van der Waals surface area contributed by atoms with Crippen molar-refractivity contribution < 1.29 is 9.90 Å². The van der Waals surface area contributed by atoms with Gasteiger partial charge in [-0.15, -0.1) is 10.2 Å². The predicted octanol–water partition coefficient (Wildman–Crippen LogP) is 1.99. The highest BCUT2D eigenvalue weighted by molar-refractivity contribution is 5.95. The van der Waals surface area contributed by atoms with Crippen LogP contribution in [0.2, 0.25) is 0 Å². The molecule has 0 bridgehead atoms. The third-order valence-corrected chi connectivity index (χ3v) is 3.00. The van der Waals surface area contributed by atoms with Crippen molar-refractivity contribution in [2.45, 2.75) is 19.9 Å². The summed E-state index contributed by atoms with van der Waals surface area (Å²) >= 11 is 0. The summed E-state index contributed by atoms with van der Waals surface area (Å²) in [6.45, 7) is 3.79. The van der Waals surface area contributed by atoms with E-state index in [1.54, 1.807) is 23.0 Å². The number of benzene rings is 1. The van der Waals surface area contributed by atoms with Gasteiger partial charge in [0.25, 0.3) is 0 Å². The zero-order chi connectivity index (χ0) is 14.0. The molecule has 2 rings (SSSR count). The van der Waals surface area contributed by atoms with Crippen molar-refractivity contribution in [3.63, 3.8) is 0 Å². The number of carbonyl (C=O) groups is 1. The molecule has 0 aliphatic heterocycles. The number of nitrogens with one attached hydrogen (secondary N) is 1. The first kappa shape index (κ1) is 13.1. The SMILES string of the molecule is Cc1cccc(C(=O)O)c1NC(C)c1nncn1C. The zero-order valence-electron chi connectivity index (χ0n) is 11.1. The van der Waals surface area contributed by atoms with Crippen LogP contribution in [0.15, 0.2) is 24.5 Å². The van der Waals surface area contributed by atoms with Crippen LogP contribution in [0.4, 0.5) is 5.69 Å². The first-order valence-corrected chi connectivity index (χ1v) is 5.94. The lowest BCUT2D eigenvalue weighted by molar-refractivity contribution is 0.0698. The minimum absolute atomic E-state index is 0.133. The van der Waals surface area contributed by atoms with Crippen LogP contribution in [-0.2, 0) is 7.05 Å². The number of rotatable bonds is 4. The zero-order valence-corrected chi connectivity index (χ0v) is 11.1. The van der Waals surface area contributed by atoms with Crippen LogP contribution in [0.5, 0.6) is 0 Å². The molecule has 0 saturated heterocycles. The second-order valence-corrected chi connectivity index (χ2v) is 4.47. The molecule has 2 N–H and O–H groups in total. The van der Waals surface area contributed by atoms with Crippen LogP contribution in [0.25, 0.3) is 0 Å². The second-order valence-electron chi connectivity index (χ2n) is 4.47. The maximum absolute atomic E-state index is 11.2. The molecule has 2 aromatic rings. The molecule has 0 aliphatic carbocycles. The van der Waals surface area contributed by atoms with Crippen molar-refractivity contribution in [2.75, 3.05) is 5.32 Å². The van der Waals surface area contributed by atoms with Crippen LogP contribution >= 0.6 is 0 Å². The molecule has 0 radical (unpaired) electrons. The Balaban J connectivity index is 2.33. The molecule has 1 atom stereocenters. The van der Waals surface area contributed by atoms with Gasteiger partial charge >= 0.3 is 5.97 Å². The molecular formula is C13H16N4O2. The number of aryl methyl sites for hydroxylation is 2. The van der Waals surface area contributed by atoms with Crippen molar-refractivity contribution in [2.24, 2.45) is 7.05 Å². The molecule has 0 saturated carbocycles. The molecule has 6 nitrogen and oxygen atoms in total. The summed E-state index contributed by atoms with van der Waals surface area (Å²) in [5.74, 6) is -0.198. The largest absolute Gasteiger partial charge is 0.478 e. The number of carboxylic acid groups (broad SMARTS) is 1. The Labute approximate surface area is 111 Å². The van der Waals surface area contributed by atoms with Crippen LogP contribution in [-0.4, -0.2) is 25.8 Å². The lowest BCUT2D eigenvalue weighted by Crippen LogP contribution is -2.15. The fraction of sp³-hybridized carbons (Fsp3) is 0.308. The lowest BCUT2D eigenvalue weighted by atomic mass is 10.1. The van der Waals surface area contributed by atoms with Crippen molar-refractivity contribution in [3.05, 3.63) is 41.5 Å². The number of nitrogens with zero attached hydrogens (tertiary/aromatic N) is 3. The molecule has 0 spiro atoms. The van der Waals surface area contributed by atoms with E-state index in [-0.39, 0.29) is 11.6 Å². The van der Waals surface area contributed by atoms with Gasteiger partial charge in [0.05, 0.1) is 17.3 Å². The summed E-state index contributed by atoms with van der Waals surface area (Å²) in [7, 11) is 1.85. The Morgan fingerprint density at radius 2 is 2.21 bits per heavy atom. The molecule has 0 aliphatic rings. The number of hydrogen-bond acceptors (Lipinski definition) is 4. The Morgan fingerprint density at radius 3 is 2.79 bits per heavy atom. The normalized spacial score (nSPS) is 12.2. The summed E-state index contributed by atoms with van der Waals surface area (Å²) in [6, 6.07) is 5.06. The Bertz CT molecular complexity index is 606. The number of hydrogen-bond donors (Lipinski definition) is 2. The number of carboxylic acids is 1. The Hall–Kier alpha value is -2.37. The maximum atomic E-state index is 11.2. The molecule has 1 aromatic carbocycles. The third-order valence-electron chi connectivity index (χ3n) is 3.00. The van der Waals surface area contributed by atoms with E-state index in [0.29, 0.717) is 5.69 Å². The van der Waals surface area contributed by atoms with Gasteiger partial charge in [-0.1, -0.05) is 12.1 Å². The minimum atomic E-state index is -0.948. The van der Waals surface area contributed by atoms with Gasteiger partial charge in [-0.3, -0.25) is 0 Å². The van der Waals surface area contributed by atoms with Crippen LogP contribution in [0.3, 0.4) is 0 Å². The van der Waals surface area contributed by atoms with E-state index < -0.39 is 5.97 Å². The highest BCUT2D eigenvalue weighted by Gasteiger charge is 2.17. The van der Waals surface area contributed by atoms with Crippen molar-refractivity contribution in [1.29, 1.82) is 0 Å². The first-order chi connectivity index (χ1) is 9.00. The van der Waals surface area contributed by atoms with E-state index in [1.807, 2.05) is 27.0 Å². The van der Waals surface area contributed by atoms with E-state index >= 15 is 0 Å². The molecule has 0 fully saturated rings. The standard InChI is InChI=1S/C13H16N4O2/c1-8-5-4-6-10(13(18)19)11(8)15-9(2)12-16-14-7-17(12)3/h4-7,9,15H,1-3H3,(H,18,19). The summed E-state index contributed by atoms with van der Waals surface area (Å²) in [5.41, 5.74) is 1.76. The molecule has 1 unspecified atom stereocenters. The number of aromatic nitrogens is 3. The van der Waals surface area contributed by atoms with Gasteiger partial charge in [0, 0.05) is 7.05 Å². The average Bonchev–Trinajstić information content (AvgIpc) is 2.77. The quantitative estimate of drug-likeness (QED) is 0.878. The van der Waals surface area contributed by atoms with E-state index in [2.05, 4.69) is 15.5 Å². The molecule has 100 valence electrons. The van der Waals surface area contributed by atoms with Gasteiger partial charge < -0.3 is 15.0 Å². The van der Waals surface area contributed by atoms with E-state index in [4.69, 9.17) is 0 Å². The summed E-state index contributed by atoms with van der Waals surface area (Å²) in [4.78, 5) is 11.2. The number of para-hydroxylation sites is 1. The van der Waals surface area contributed by atoms with Gasteiger partial charge in [-0.05, 0) is 25.5 Å². The molecule has 6 heteroatoms. The predicted molar refractivity (Wildman–Crippen MR) is 71.2 cm³/mol. The van der Waals surface area contributed by atoms with Crippen molar-refractivity contribution in [3.8, 4) is 0 Å². The Morgan fingerprint density at radius 1 is 1.47 bits per heavy atom. The minimum Gasteiger partial charge on any atom is -0.478 e.